The molecule has 0 aliphatic heterocycles. The van der Waals surface area contributed by atoms with Gasteiger partial charge in [-0.15, -0.1) is 0 Å². The summed E-state index contributed by atoms with van der Waals surface area (Å²) >= 11 is 0. The van der Waals surface area contributed by atoms with Crippen LogP contribution in [0.15, 0.2) is 18.2 Å². The molecule has 3 N–H and O–H groups in total. The Labute approximate surface area is 81.4 Å². The van der Waals surface area contributed by atoms with Crippen LogP contribution in [0.25, 0.3) is 0 Å². The summed E-state index contributed by atoms with van der Waals surface area (Å²) in [5.74, 6) is -1.94. The van der Waals surface area contributed by atoms with Crippen molar-refractivity contribution in [2.75, 3.05) is 0 Å². The van der Waals surface area contributed by atoms with Gasteiger partial charge in [-0.3, -0.25) is 0 Å². The van der Waals surface area contributed by atoms with Crippen LogP contribution >= 0.6 is 0 Å². The van der Waals surface area contributed by atoms with Crippen molar-refractivity contribution in [3.8, 4) is 5.75 Å². The van der Waals surface area contributed by atoms with Gasteiger partial charge in [0.1, 0.15) is 17.4 Å². The molecular weight excluding hydrogens is 188 g/mol. The lowest BCUT2D eigenvalue weighted by atomic mass is 9.95. The maximum Gasteiger partial charge on any atom is 0.129 e. The van der Waals surface area contributed by atoms with Gasteiger partial charge in [0.2, 0.25) is 0 Å². The SMILES string of the molecule is NC1CCC1.Oc1cc(F)cc(F)c1. The van der Waals surface area contributed by atoms with Crippen LogP contribution in [0, 0.1) is 11.6 Å². The van der Waals surface area contributed by atoms with Crippen LogP contribution in [0.1, 0.15) is 19.3 Å². The molecule has 0 unspecified atom stereocenters. The molecule has 78 valence electrons. The number of halogens is 2. The lowest BCUT2D eigenvalue weighted by Gasteiger charge is -2.18. The zero-order valence-corrected chi connectivity index (χ0v) is 7.71. The number of nitrogens with two attached hydrogens (primary N) is 1. The van der Waals surface area contributed by atoms with Gasteiger partial charge in [0.05, 0.1) is 0 Å². The molecule has 2 rings (SSSR count). The Morgan fingerprint density at radius 1 is 1.14 bits per heavy atom. The van der Waals surface area contributed by atoms with Gasteiger partial charge >= 0.3 is 0 Å². The predicted molar refractivity (Wildman–Crippen MR) is 49.8 cm³/mol. The Morgan fingerprint density at radius 3 is 1.79 bits per heavy atom. The van der Waals surface area contributed by atoms with E-state index < -0.39 is 17.4 Å². The highest BCUT2D eigenvalue weighted by Crippen LogP contribution is 2.14. The topological polar surface area (TPSA) is 46.2 Å². The molecule has 0 aromatic heterocycles. The Bertz CT molecular complexity index is 250. The first-order valence-electron chi connectivity index (χ1n) is 4.48. The molecule has 0 saturated heterocycles. The van der Waals surface area contributed by atoms with E-state index in [4.69, 9.17) is 10.8 Å². The largest absolute Gasteiger partial charge is 0.508 e. The van der Waals surface area contributed by atoms with Crippen molar-refractivity contribution in [2.45, 2.75) is 25.3 Å². The van der Waals surface area contributed by atoms with E-state index in [1.54, 1.807) is 0 Å². The van der Waals surface area contributed by atoms with E-state index in [0.29, 0.717) is 12.1 Å². The number of hydrogen-bond donors (Lipinski definition) is 2. The van der Waals surface area contributed by atoms with Crippen LogP contribution in [0.4, 0.5) is 8.78 Å². The second kappa shape index (κ2) is 4.91. The number of benzene rings is 1. The molecule has 1 aliphatic carbocycles. The van der Waals surface area contributed by atoms with Gasteiger partial charge in [-0.2, -0.15) is 0 Å². The highest BCUT2D eigenvalue weighted by atomic mass is 19.1. The third-order valence-electron chi connectivity index (χ3n) is 2.00. The van der Waals surface area contributed by atoms with Crippen molar-refractivity contribution in [3.63, 3.8) is 0 Å². The summed E-state index contributed by atoms with van der Waals surface area (Å²) in [6.45, 7) is 0. The molecular formula is C10H13F2NO. The molecule has 0 spiro atoms. The summed E-state index contributed by atoms with van der Waals surface area (Å²) in [5, 5.41) is 8.51. The van der Waals surface area contributed by atoms with Crippen LogP contribution < -0.4 is 5.73 Å². The molecule has 2 nitrogen and oxygen atoms in total. The Kier molecular flexibility index (Phi) is 3.83. The van der Waals surface area contributed by atoms with Gasteiger partial charge in [-0.1, -0.05) is 6.42 Å². The van der Waals surface area contributed by atoms with Gasteiger partial charge < -0.3 is 10.8 Å². The van der Waals surface area contributed by atoms with Crippen LogP contribution in [0.5, 0.6) is 5.75 Å². The van der Waals surface area contributed by atoms with E-state index in [9.17, 15) is 8.78 Å². The number of phenolic OH excluding ortho intramolecular Hbond substituents is 1. The van der Waals surface area contributed by atoms with Crippen molar-refractivity contribution in [2.24, 2.45) is 5.73 Å². The van der Waals surface area contributed by atoms with Gasteiger partial charge in [-0.05, 0) is 12.8 Å². The van der Waals surface area contributed by atoms with Crippen molar-refractivity contribution in [1.82, 2.24) is 0 Å². The number of aromatic hydroxyl groups is 1. The standard InChI is InChI=1S/C6H4F2O.C4H9N/c7-4-1-5(8)3-6(9)2-4;5-4-2-1-3-4/h1-3,9H;4H,1-3,5H2. The Balaban J connectivity index is 0.000000165. The molecule has 1 aromatic rings. The molecule has 0 atom stereocenters. The lowest BCUT2D eigenvalue weighted by Crippen LogP contribution is -2.27. The summed E-state index contributed by atoms with van der Waals surface area (Å²) in [6, 6.07) is 2.93. The number of phenols is 1. The van der Waals surface area contributed by atoms with Crippen LogP contribution in [-0.4, -0.2) is 11.1 Å². The molecule has 1 aromatic carbocycles. The fraction of sp³-hybridized carbons (Fsp3) is 0.400. The highest BCUT2D eigenvalue weighted by molar-refractivity contribution is 5.21. The van der Waals surface area contributed by atoms with Gasteiger partial charge in [-0.25, -0.2) is 8.78 Å². The maximum atomic E-state index is 12.0. The van der Waals surface area contributed by atoms with Crippen LogP contribution in [0.2, 0.25) is 0 Å². The van der Waals surface area contributed by atoms with Gasteiger partial charge in [0, 0.05) is 24.2 Å². The maximum absolute atomic E-state index is 12.0. The zero-order chi connectivity index (χ0) is 10.6. The second-order valence-corrected chi connectivity index (χ2v) is 3.32. The van der Waals surface area contributed by atoms with Crippen LogP contribution in [0.3, 0.4) is 0 Å². The molecule has 0 radical (unpaired) electrons. The van der Waals surface area contributed by atoms with E-state index in [0.717, 1.165) is 12.1 Å². The quantitative estimate of drug-likeness (QED) is 0.675. The molecule has 0 amide bonds. The lowest BCUT2D eigenvalue weighted by molar-refractivity contribution is 0.418. The summed E-state index contributed by atoms with van der Waals surface area (Å²) < 4.78 is 24.1. The van der Waals surface area contributed by atoms with Crippen LogP contribution in [-0.2, 0) is 0 Å². The minimum atomic E-state index is -0.771. The minimum Gasteiger partial charge on any atom is -0.508 e. The smallest absolute Gasteiger partial charge is 0.129 e. The zero-order valence-electron chi connectivity index (χ0n) is 7.71. The molecule has 1 fully saturated rings. The summed E-state index contributed by atoms with van der Waals surface area (Å²) in [4.78, 5) is 0. The minimum absolute atomic E-state index is 0.396. The molecule has 0 heterocycles. The first-order valence-corrected chi connectivity index (χ1v) is 4.48. The monoisotopic (exact) mass is 201 g/mol. The van der Waals surface area contributed by atoms with E-state index in [1.165, 1.54) is 19.3 Å². The Hall–Kier alpha value is -1.16. The van der Waals surface area contributed by atoms with E-state index in [1.807, 2.05) is 0 Å². The van der Waals surface area contributed by atoms with Gasteiger partial charge in [0.25, 0.3) is 0 Å². The molecule has 1 aliphatic rings. The average Bonchev–Trinajstić information content (AvgIpc) is 1.99. The number of hydrogen-bond acceptors (Lipinski definition) is 2. The highest BCUT2D eigenvalue weighted by Gasteiger charge is 2.09. The first-order chi connectivity index (χ1) is 6.58. The van der Waals surface area contributed by atoms with E-state index in [2.05, 4.69) is 0 Å². The van der Waals surface area contributed by atoms with Crippen molar-refractivity contribution < 1.29 is 13.9 Å². The first kappa shape index (κ1) is 10.9. The molecule has 1 saturated carbocycles. The summed E-state index contributed by atoms with van der Waals surface area (Å²) in [6.07, 6.45) is 3.89. The van der Waals surface area contributed by atoms with Gasteiger partial charge in [0.15, 0.2) is 0 Å². The average molecular weight is 201 g/mol. The summed E-state index contributed by atoms with van der Waals surface area (Å²) in [7, 11) is 0. The fourth-order valence-corrected chi connectivity index (χ4v) is 0.979. The molecule has 4 heteroatoms. The van der Waals surface area contributed by atoms with Crippen molar-refractivity contribution in [3.05, 3.63) is 29.8 Å². The molecule has 0 bridgehead atoms. The predicted octanol–water partition coefficient (Wildman–Crippen LogP) is 2.17. The normalized spacial score (nSPS) is 15.4. The van der Waals surface area contributed by atoms with Crippen molar-refractivity contribution in [1.29, 1.82) is 0 Å². The second-order valence-electron chi connectivity index (χ2n) is 3.32. The third-order valence-corrected chi connectivity index (χ3v) is 2.00. The van der Waals surface area contributed by atoms with E-state index in [-0.39, 0.29) is 0 Å². The Morgan fingerprint density at radius 2 is 1.57 bits per heavy atom. The third kappa shape index (κ3) is 3.70. The van der Waals surface area contributed by atoms with Crippen molar-refractivity contribution >= 4 is 0 Å². The number of rotatable bonds is 0. The fourth-order valence-electron chi connectivity index (χ4n) is 0.979. The van der Waals surface area contributed by atoms with E-state index >= 15 is 0 Å². The molecule has 14 heavy (non-hydrogen) atoms. The summed E-state index contributed by atoms with van der Waals surface area (Å²) in [5.41, 5.74) is 5.38.